The lowest BCUT2D eigenvalue weighted by Crippen LogP contribution is -2.28. The Bertz CT molecular complexity index is 807. The molecule has 3 aromatic rings. The molecule has 0 aromatic carbocycles. The van der Waals surface area contributed by atoms with Crippen molar-refractivity contribution < 1.29 is 0 Å². The number of fused-ring (bicyclic) bond motifs is 1. The monoisotopic (exact) mass is 313 g/mol. The maximum absolute atomic E-state index is 6.10. The Morgan fingerprint density at radius 3 is 3.05 bits per heavy atom. The van der Waals surface area contributed by atoms with Crippen molar-refractivity contribution in [2.75, 3.05) is 13.1 Å². The molecule has 0 amide bonds. The van der Waals surface area contributed by atoms with E-state index < -0.39 is 0 Å². The van der Waals surface area contributed by atoms with Crippen molar-refractivity contribution in [2.45, 2.75) is 18.8 Å². The highest BCUT2D eigenvalue weighted by Crippen LogP contribution is 2.25. The van der Waals surface area contributed by atoms with Crippen LogP contribution in [-0.4, -0.2) is 32.4 Å². The van der Waals surface area contributed by atoms with Crippen molar-refractivity contribution in [3.63, 3.8) is 0 Å². The number of piperidine rings is 1. The first-order chi connectivity index (χ1) is 10.8. The first kappa shape index (κ1) is 13.7. The van der Waals surface area contributed by atoms with E-state index in [1.807, 2.05) is 35.1 Å². The molecular formula is C16H16ClN5. The summed E-state index contributed by atoms with van der Waals surface area (Å²) in [5, 5.41) is 4.10. The van der Waals surface area contributed by atoms with Gasteiger partial charge < -0.3 is 5.32 Å². The maximum Gasteiger partial charge on any atom is 0.137 e. The summed E-state index contributed by atoms with van der Waals surface area (Å²) < 4.78 is 1.95. The number of nitrogens with one attached hydrogen (secondary N) is 1. The smallest absolute Gasteiger partial charge is 0.137 e. The fraction of sp³-hybridized carbons (Fsp3) is 0.312. The van der Waals surface area contributed by atoms with Gasteiger partial charge in [-0.1, -0.05) is 11.6 Å². The van der Waals surface area contributed by atoms with E-state index in [1.54, 1.807) is 6.20 Å². The van der Waals surface area contributed by atoms with E-state index in [4.69, 9.17) is 16.6 Å². The van der Waals surface area contributed by atoms with Crippen molar-refractivity contribution in [3.05, 3.63) is 47.6 Å². The van der Waals surface area contributed by atoms with Gasteiger partial charge in [0.2, 0.25) is 0 Å². The predicted octanol–water partition coefficient (Wildman–Crippen LogP) is 2.91. The lowest BCUT2D eigenvalue weighted by Gasteiger charge is -2.22. The number of hydrogen-bond donors (Lipinski definition) is 1. The number of hydrogen-bond acceptors (Lipinski definition) is 4. The van der Waals surface area contributed by atoms with Crippen LogP contribution in [-0.2, 0) is 0 Å². The number of pyridine rings is 1. The Balaban J connectivity index is 1.76. The summed E-state index contributed by atoms with van der Waals surface area (Å²) in [5.74, 6) is 0.434. The molecule has 1 aliphatic rings. The van der Waals surface area contributed by atoms with Crippen LogP contribution in [0.25, 0.3) is 17.0 Å². The van der Waals surface area contributed by atoms with Gasteiger partial charge in [0.25, 0.3) is 0 Å². The summed E-state index contributed by atoms with van der Waals surface area (Å²) in [6, 6.07) is 3.73. The Morgan fingerprint density at radius 2 is 2.18 bits per heavy atom. The molecule has 3 aromatic heterocycles. The Labute approximate surface area is 133 Å². The first-order valence-corrected chi connectivity index (χ1v) is 7.85. The zero-order valence-corrected chi connectivity index (χ0v) is 12.8. The molecule has 0 spiro atoms. The molecule has 5 nitrogen and oxygen atoms in total. The minimum atomic E-state index is 0.434. The molecule has 4 rings (SSSR count). The molecule has 1 N–H and O–H groups in total. The van der Waals surface area contributed by atoms with E-state index >= 15 is 0 Å². The quantitative estimate of drug-likeness (QED) is 0.790. The average molecular weight is 314 g/mol. The zero-order chi connectivity index (χ0) is 14.9. The van der Waals surface area contributed by atoms with Gasteiger partial charge in [-0.3, -0.25) is 9.38 Å². The Morgan fingerprint density at radius 1 is 1.23 bits per heavy atom. The topological polar surface area (TPSA) is 55.1 Å². The summed E-state index contributed by atoms with van der Waals surface area (Å²) in [6.45, 7) is 2.06. The molecule has 4 heterocycles. The number of rotatable bonds is 2. The molecule has 0 bridgehead atoms. The van der Waals surface area contributed by atoms with Gasteiger partial charge in [0, 0.05) is 24.9 Å². The van der Waals surface area contributed by atoms with Crippen molar-refractivity contribution in [1.82, 2.24) is 24.7 Å². The third-order valence-corrected chi connectivity index (χ3v) is 4.32. The van der Waals surface area contributed by atoms with Crippen LogP contribution in [0.15, 0.2) is 36.9 Å². The predicted molar refractivity (Wildman–Crippen MR) is 86.1 cm³/mol. The van der Waals surface area contributed by atoms with Gasteiger partial charge in [-0.25, -0.2) is 9.97 Å². The highest BCUT2D eigenvalue weighted by Gasteiger charge is 2.18. The van der Waals surface area contributed by atoms with Gasteiger partial charge >= 0.3 is 0 Å². The van der Waals surface area contributed by atoms with Crippen molar-refractivity contribution >= 4 is 17.2 Å². The molecule has 1 saturated heterocycles. The van der Waals surface area contributed by atoms with Crippen LogP contribution in [0.3, 0.4) is 0 Å². The van der Waals surface area contributed by atoms with Crippen LogP contribution >= 0.6 is 11.6 Å². The van der Waals surface area contributed by atoms with E-state index in [9.17, 15) is 0 Å². The summed E-state index contributed by atoms with van der Waals surface area (Å²) in [4.78, 5) is 13.6. The minimum Gasteiger partial charge on any atom is -0.316 e. The van der Waals surface area contributed by atoms with Crippen LogP contribution in [0.4, 0.5) is 0 Å². The van der Waals surface area contributed by atoms with E-state index in [1.165, 1.54) is 6.42 Å². The standard InChI is InChI=1S/C16H16ClN5/c17-12-3-4-16-20-9-15(22(16)10-12)14-8-19-7-13(21-14)11-2-1-5-18-6-11/h3-4,7-11,18H,1-2,5-6H2. The number of imidazole rings is 1. The van der Waals surface area contributed by atoms with Crippen LogP contribution < -0.4 is 5.32 Å². The molecule has 22 heavy (non-hydrogen) atoms. The largest absolute Gasteiger partial charge is 0.316 e. The second-order valence-electron chi connectivity index (χ2n) is 5.59. The van der Waals surface area contributed by atoms with Gasteiger partial charge in [0.15, 0.2) is 0 Å². The minimum absolute atomic E-state index is 0.434. The third kappa shape index (κ3) is 2.46. The fourth-order valence-electron chi connectivity index (χ4n) is 2.95. The molecular weight excluding hydrogens is 298 g/mol. The SMILES string of the molecule is Clc1ccc2ncc(-c3cncc(C4CCCNC4)n3)n2c1. The number of aromatic nitrogens is 4. The average Bonchev–Trinajstić information content (AvgIpc) is 2.99. The molecule has 1 atom stereocenters. The lowest BCUT2D eigenvalue weighted by molar-refractivity contribution is 0.454. The highest BCUT2D eigenvalue weighted by atomic mass is 35.5. The Kier molecular flexibility index (Phi) is 3.52. The van der Waals surface area contributed by atoms with Crippen molar-refractivity contribution in [1.29, 1.82) is 0 Å². The summed E-state index contributed by atoms with van der Waals surface area (Å²) >= 11 is 6.10. The fourth-order valence-corrected chi connectivity index (χ4v) is 3.11. The van der Waals surface area contributed by atoms with Gasteiger partial charge in [0.05, 0.1) is 28.8 Å². The second kappa shape index (κ2) is 5.66. The second-order valence-corrected chi connectivity index (χ2v) is 6.03. The molecule has 1 fully saturated rings. The van der Waals surface area contributed by atoms with E-state index in [-0.39, 0.29) is 0 Å². The van der Waals surface area contributed by atoms with Crippen molar-refractivity contribution in [2.24, 2.45) is 0 Å². The molecule has 0 saturated carbocycles. The van der Waals surface area contributed by atoms with Crippen LogP contribution in [0.5, 0.6) is 0 Å². The number of halogens is 1. The van der Waals surface area contributed by atoms with Crippen molar-refractivity contribution in [3.8, 4) is 11.4 Å². The molecule has 0 radical (unpaired) electrons. The van der Waals surface area contributed by atoms with Gasteiger partial charge in [-0.15, -0.1) is 0 Å². The third-order valence-electron chi connectivity index (χ3n) is 4.10. The summed E-state index contributed by atoms with van der Waals surface area (Å²) in [6.07, 6.45) is 9.67. The van der Waals surface area contributed by atoms with E-state index in [0.29, 0.717) is 10.9 Å². The Hall–Kier alpha value is -1.98. The van der Waals surface area contributed by atoms with Crippen LogP contribution in [0, 0.1) is 0 Å². The normalized spacial score (nSPS) is 18.7. The zero-order valence-electron chi connectivity index (χ0n) is 12.0. The van der Waals surface area contributed by atoms with E-state index in [0.717, 1.165) is 42.2 Å². The molecule has 6 heteroatoms. The van der Waals surface area contributed by atoms with Crippen LogP contribution in [0.2, 0.25) is 5.02 Å². The summed E-state index contributed by atoms with van der Waals surface area (Å²) in [5.41, 5.74) is 3.64. The van der Waals surface area contributed by atoms with Crippen LogP contribution in [0.1, 0.15) is 24.5 Å². The lowest BCUT2D eigenvalue weighted by atomic mass is 9.96. The van der Waals surface area contributed by atoms with Gasteiger partial charge in [-0.05, 0) is 31.5 Å². The molecule has 1 aliphatic heterocycles. The maximum atomic E-state index is 6.10. The summed E-state index contributed by atoms with van der Waals surface area (Å²) in [7, 11) is 0. The first-order valence-electron chi connectivity index (χ1n) is 7.47. The molecule has 0 aliphatic carbocycles. The number of nitrogens with zero attached hydrogens (tertiary/aromatic N) is 4. The molecule has 1 unspecified atom stereocenters. The molecule has 112 valence electrons. The van der Waals surface area contributed by atoms with Gasteiger partial charge in [-0.2, -0.15) is 0 Å². The van der Waals surface area contributed by atoms with Gasteiger partial charge in [0.1, 0.15) is 11.3 Å². The highest BCUT2D eigenvalue weighted by molar-refractivity contribution is 6.30. The van der Waals surface area contributed by atoms with E-state index in [2.05, 4.69) is 15.3 Å².